The summed E-state index contributed by atoms with van der Waals surface area (Å²) in [6.07, 6.45) is 1.92. The number of rotatable bonds is 4. The Hall–Kier alpha value is -3.52. The molecule has 162 valence electrons. The van der Waals surface area contributed by atoms with E-state index in [4.69, 9.17) is 23.2 Å². The number of hydrogen-bond donors (Lipinski definition) is 1. The Kier molecular flexibility index (Phi) is 5.46. The molecule has 2 aromatic heterocycles. The first-order chi connectivity index (χ1) is 15.9. The average molecular weight is 471 g/mol. The molecule has 0 atom stereocenters. The summed E-state index contributed by atoms with van der Waals surface area (Å²) in [5.41, 5.74) is 7.47. The zero-order valence-corrected chi connectivity index (χ0v) is 19.7. The van der Waals surface area contributed by atoms with Crippen LogP contribution in [0.4, 0.5) is 0 Å². The van der Waals surface area contributed by atoms with Gasteiger partial charge in [-0.25, -0.2) is 4.98 Å². The summed E-state index contributed by atoms with van der Waals surface area (Å²) in [6.45, 7) is 4.70. The first kappa shape index (κ1) is 21.3. The number of halogens is 2. The molecule has 0 saturated heterocycles. The SMILES string of the molecule is Cc1ccc2nc(/C(C#N)=C\c3c(C)n(Cc4ccc(Cl)cc4Cl)c4ccccc34)[nH]c2c1. The molecule has 0 aliphatic rings. The number of aryl methyl sites for hydroxylation is 1. The summed E-state index contributed by atoms with van der Waals surface area (Å²) in [4.78, 5) is 7.94. The van der Waals surface area contributed by atoms with Crippen LogP contribution in [-0.4, -0.2) is 14.5 Å². The summed E-state index contributed by atoms with van der Waals surface area (Å²) >= 11 is 12.5. The number of nitrogens with zero attached hydrogens (tertiary/aromatic N) is 3. The number of nitrogens with one attached hydrogen (secondary N) is 1. The highest BCUT2D eigenvalue weighted by atomic mass is 35.5. The highest BCUT2D eigenvalue weighted by Gasteiger charge is 2.16. The quantitative estimate of drug-likeness (QED) is 0.275. The van der Waals surface area contributed by atoms with Crippen LogP contribution in [0.15, 0.2) is 60.7 Å². The maximum atomic E-state index is 9.97. The zero-order valence-electron chi connectivity index (χ0n) is 18.2. The van der Waals surface area contributed by atoms with Crippen LogP contribution < -0.4 is 0 Å². The van der Waals surface area contributed by atoms with Crippen LogP contribution in [0.5, 0.6) is 0 Å². The van der Waals surface area contributed by atoms with Crippen molar-refractivity contribution in [3.63, 3.8) is 0 Å². The number of hydrogen-bond acceptors (Lipinski definition) is 2. The van der Waals surface area contributed by atoms with E-state index < -0.39 is 0 Å². The molecule has 5 aromatic rings. The average Bonchev–Trinajstić information content (AvgIpc) is 3.32. The lowest BCUT2D eigenvalue weighted by Crippen LogP contribution is -2.02. The fourth-order valence-corrected chi connectivity index (χ4v) is 4.68. The Bertz CT molecular complexity index is 1600. The number of para-hydroxylation sites is 1. The Labute approximate surface area is 201 Å². The predicted molar refractivity (Wildman–Crippen MR) is 137 cm³/mol. The van der Waals surface area contributed by atoms with Gasteiger partial charge in [0, 0.05) is 38.8 Å². The van der Waals surface area contributed by atoms with Crippen LogP contribution in [0.25, 0.3) is 33.6 Å². The summed E-state index contributed by atoms with van der Waals surface area (Å²) in [5, 5.41) is 12.3. The molecule has 0 aliphatic carbocycles. The lowest BCUT2D eigenvalue weighted by molar-refractivity contribution is 0.804. The van der Waals surface area contributed by atoms with Gasteiger partial charge in [-0.2, -0.15) is 5.26 Å². The third kappa shape index (κ3) is 3.91. The minimum Gasteiger partial charge on any atom is -0.340 e. The second-order valence-corrected chi connectivity index (χ2v) is 8.96. The van der Waals surface area contributed by atoms with E-state index in [1.54, 1.807) is 6.07 Å². The van der Waals surface area contributed by atoms with Crippen molar-refractivity contribution in [3.8, 4) is 6.07 Å². The second kappa shape index (κ2) is 8.44. The molecule has 0 unspecified atom stereocenters. The number of imidazole rings is 1. The number of aromatic nitrogens is 3. The van der Waals surface area contributed by atoms with Crippen molar-refractivity contribution in [2.24, 2.45) is 0 Å². The van der Waals surface area contributed by atoms with Crippen molar-refractivity contribution in [1.82, 2.24) is 14.5 Å². The van der Waals surface area contributed by atoms with E-state index in [0.717, 1.165) is 44.3 Å². The topological polar surface area (TPSA) is 57.4 Å². The second-order valence-electron chi connectivity index (χ2n) is 8.11. The molecule has 1 N–H and O–H groups in total. The summed E-state index contributed by atoms with van der Waals surface area (Å²) in [5.74, 6) is 0.565. The van der Waals surface area contributed by atoms with Gasteiger partial charge in [-0.3, -0.25) is 0 Å². The van der Waals surface area contributed by atoms with Crippen molar-refractivity contribution in [2.45, 2.75) is 20.4 Å². The highest BCUT2D eigenvalue weighted by molar-refractivity contribution is 6.35. The summed E-state index contributed by atoms with van der Waals surface area (Å²) in [7, 11) is 0. The number of nitriles is 1. The Morgan fingerprint density at radius 3 is 2.70 bits per heavy atom. The predicted octanol–water partition coefficient (Wildman–Crippen LogP) is 7.55. The summed E-state index contributed by atoms with van der Waals surface area (Å²) < 4.78 is 2.22. The van der Waals surface area contributed by atoms with Crippen LogP contribution in [0, 0.1) is 25.2 Å². The summed E-state index contributed by atoms with van der Waals surface area (Å²) in [6, 6.07) is 22.1. The van der Waals surface area contributed by atoms with Gasteiger partial charge in [-0.05, 0) is 61.4 Å². The van der Waals surface area contributed by atoms with Gasteiger partial charge in [0.25, 0.3) is 0 Å². The molecule has 0 fully saturated rings. The Morgan fingerprint density at radius 2 is 1.91 bits per heavy atom. The number of benzene rings is 3. The van der Waals surface area contributed by atoms with Gasteiger partial charge >= 0.3 is 0 Å². The van der Waals surface area contributed by atoms with Gasteiger partial charge in [0.15, 0.2) is 0 Å². The molecule has 2 heterocycles. The van der Waals surface area contributed by atoms with Crippen molar-refractivity contribution >= 4 is 56.8 Å². The molecule has 5 rings (SSSR count). The highest BCUT2D eigenvalue weighted by Crippen LogP contribution is 2.32. The number of fused-ring (bicyclic) bond motifs is 2. The Balaban J connectivity index is 1.65. The first-order valence-electron chi connectivity index (χ1n) is 10.5. The minimum absolute atomic E-state index is 0.486. The molecule has 6 heteroatoms. The third-order valence-corrected chi connectivity index (χ3v) is 6.51. The van der Waals surface area contributed by atoms with Crippen molar-refractivity contribution in [1.29, 1.82) is 5.26 Å². The molecule has 0 radical (unpaired) electrons. The van der Waals surface area contributed by atoms with E-state index in [1.807, 2.05) is 55.5 Å². The minimum atomic E-state index is 0.486. The monoisotopic (exact) mass is 470 g/mol. The van der Waals surface area contributed by atoms with Crippen molar-refractivity contribution in [2.75, 3.05) is 0 Å². The number of aromatic amines is 1. The van der Waals surface area contributed by atoms with E-state index >= 15 is 0 Å². The van der Waals surface area contributed by atoms with Crippen molar-refractivity contribution in [3.05, 3.63) is 98.9 Å². The van der Waals surface area contributed by atoms with Gasteiger partial charge in [0.1, 0.15) is 11.9 Å². The van der Waals surface area contributed by atoms with Crippen molar-refractivity contribution < 1.29 is 0 Å². The lowest BCUT2D eigenvalue weighted by atomic mass is 10.1. The lowest BCUT2D eigenvalue weighted by Gasteiger charge is -2.10. The van der Waals surface area contributed by atoms with Gasteiger partial charge in [-0.1, -0.05) is 53.5 Å². The molecule has 0 saturated carbocycles. The van der Waals surface area contributed by atoms with Crippen LogP contribution in [-0.2, 0) is 6.54 Å². The largest absolute Gasteiger partial charge is 0.340 e. The van der Waals surface area contributed by atoms with Crippen LogP contribution >= 0.6 is 23.2 Å². The molecule has 3 aromatic carbocycles. The van der Waals surface area contributed by atoms with Gasteiger partial charge in [0.05, 0.1) is 16.6 Å². The Morgan fingerprint density at radius 1 is 1.09 bits per heavy atom. The molecular weight excluding hydrogens is 451 g/mol. The van der Waals surface area contributed by atoms with Gasteiger partial charge in [0.2, 0.25) is 0 Å². The fraction of sp³-hybridized carbons (Fsp3) is 0.111. The molecule has 4 nitrogen and oxygen atoms in total. The van der Waals surface area contributed by atoms with E-state index in [-0.39, 0.29) is 0 Å². The van der Waals surface area contributed by atoms with E-state index in [1.165, 1.54) is 0 Å². The molecule has 0 aliphatic heterocycles. The molecule has 0 bridgehead atoms. The maximum absolute atomic E-state index is 9.97. The standard InChI is InChI=1S/C27H20Cl2N4/c1-16-7-10-24-25(11-16)32-27(31-24)19(14-30)12-22-17(2)33(26-6-4-3-5-21(22)26)15-18-8-9-20(28)13-23(18)29/h3-13H,15H2,1-2H3,(H,31,32)/b19-12-. The zero-order chi connectivity index (χ0) is 23.1. The van der Waals surface area contributed by atoms with Gasteiger partial charge in [-0.15, -0.1) is 0 Å². The molecule has 0 amide bonds. The number of H-pyrrole nitrogens is 1. The van der Waals surface area contributed by atoms with Crippen LogP contribution in [0.2, 0.25) is 10.0 Å². The van der Waals surface area contributed by atoms with E-state index in [0.29, 0.717) is 28.0 Å². The third-order valence-electron chi connectivity index (χ3n) is 5.92. The van der Waals surface area contributed by atoms with E-state index in [9.17, 15) is 5.26 Å². The van der Waals surface area contributed by atoms with Crippen LogP contribution in [0.1, 0.15) is 28.2 Å². The molecule has 0 spiro atoms. The smallest absolute Gasteiger partial charge is 0.149 e. The fourth-order valence-electron chi connectivity index (χ4n) is 4.21. The normalized spacial score (nSPS) is 11.9. The van der Waals surface area contributed by atoms with Crippen LogP contribution in [0.3, 0.4) is 0 Å². The number of allylic oxidation sites excluding steroid dienone is 1. The van der Waals surface area contributed by atoms with Gasteiger partial charge < -0.3 is 9.55 Å². The van der Waals surface area contributed by atoms with E-state index in [2.05, 4.69) is 39.7 Å². The molecule has 33 heavy (non-hydrogen) atoms. The first-order valence-corrected chi connectivity index (χ1v) is 11.3. The maximum Gasteiger partial charge on any atom is 0.149 e. The molecular formula is C27H20Cl2N4.